The van der Waals surface area contributed by atoms with E-state index in [0.29, 0.717) is 11.1 Å². The zero-order chi connectivity index (χ0) is 14.0. The Balaban J connectivity index is 2.23. The van der Waals surface area contributed by atoms with Gasteiger partial charge in [-0.1, -0.05) is 24.3 Å². The Kier molecular flexibility index (Phi) is 3.46. The van der Waals surface area contributed by atoms with Gasteiger partial charge >= 0.3 is 5.97 Å². The highest BCUT2D eigenvalue weighted by Gasteiger charge is 2.26. The molecule has 98 valence electrons. The second-order valence-electron chi connectivity index (χ2n) is 4.44. The first-order valence-corrected chi connectivity index (χ1v) is 5.87. The minimum Gasteiger partial charge on any atom is -0.481 e. The third-order valence-corrected chi connectivity index (χ3v) is 2.84. The lowest BCUT2D eigenvalue weighted by Crippen LogP contribution is -2.34. The molecular weight excluding hydrogens is 246 g/mol. The minimum atomic E-state index is -0.962. The van der Waals surface area contributed by atoms with Crippen LogP contribution < -0.4 is 5.32 Å². The maximum atomic E-state index is 12.2. The lowest BCUT2D eigenvalue weighted by molar-refractivity contribution is -0.137. The van der Waals surface area contributed by atoms with E-state index in [2.05, 4.69) is 5.32 Å². The second-order valence-corrected chi connectivity index (χ2v) is 4.44. The molecule has 0 bridgehead atoms. The SMILES string of the molecule is C[C@@H](CC(=O)O)NC1=CC(=O)c2ccccc2C1=O. The van der Waals surface area contributed by atoms with Crippen LogP contribution in [0.4, 0.5) is 0 Å². The number of nitrogens with one attached hydrogen (secondary N) is 1. The van der Waals surface area contributed by atoms with Crippen molar-refractivity contribution in [3.05, 3.63) is 47.2 Å². The number of rotatable bonds is 4. The number of aliphatic carboxylic acids is 1. The van der Waals surface area contributed by atoms with Crippen LogP contribution in [0.1, 0.15) is 34.1 Å². The Morgan fingerprint density at radius 2 is 1.89 bits per heavy atom. The molecule has 1 atom stereocenters. The van der Waals surface area contributed by atoms with Crippen LogP contribution in [0.25, 0.3) is 0 Å². The van der Waals surface area contributed by atoms with Gasteiger partial charge in [0.05, 0.1) is 12.1 Å². The van der Waals surface area contributed by atoms with Gasteiger partial charge in [-0.3, -0.25) is 14.4 Å². The monoisotopic (exact) mass is 259 g/mol. The van der Waals surface area contributed by atoms with E-state index in [1.807, 2.05) is 0 Å². The van der Waals surface area contributed by atoms with Crippen LogP contribution in [0.15, 0.2) is 36.0 Å². The molecule has 0 saturated carbocycles. The fourth-order valence-corrected chi connectivity index (χ4v) is 2.00. The van der Waals surface area contributed by atoms with E-state index in [-0.39, 0.29) is 23.7 Å². The van der Waals surface area contributed by atoms with Gasteiger partial charge < -0.3 is 10.4 Å². The van der Waals surface area contributed by atoms with Gasteiger partial charge in [0.15, 0.2) is 5.78 Å². The number of benzene rings is 1. The van der Waals surface area contributed by atoms with Crippen molar-refractivity contribution in [3.8, 4) is 0 Å². The number of fused-ring (bicyclic) bond motifs is 1. The number of hydrogen-bond donors (Lipinski definition) is 2. The van der Waals surface area contributed by atoms with Crippen LogP contribution in [-0.4, -0.2) is 28.7 Å². The molecule has 0 aliphatic heterocycles. The molecule has 0 radical (unpaired) electrons. The fraction of sp³-hybridized carbons (Fsp3) is 0.214. The lowest BCUT2D eigenvalue weighted by atomic mass is 9.92. The number of hydrogen-bond acceptors (Lipinski definition) is 4. The first-order valence-electron chi connectivity index (χ1n) is 5.87. The van der Waals surface area contributed by atoms with Gasteiger partial charge in [0.25, 0.3) is 0 Å². The van der Waals surface area contributed by atoms with E-state index >= 15 is 0 Å². The first-order chi connectivity index (χ1) is 8.99. The third-order valence-electron chi connectivity index (χ3n) is 2.84. The molecule has 0 fully saturated rings. The normalized spacial score (nSPS) is 15.5. The summed E-state index contributed by atoms with van der Waals surface area (Å²) in [7, 11) is 0. The van der Waals surface area contributed by atoms with E-state index in [0.717, 1.165) is 0 Å². The molecule has 0 amide bonds. The third kappa shape index (κ3) is 2.70. The molecule has 1 aliphatic carbocycles. The highest BCUT2D eigenvalue weighted by Crippen LogP contribution is 2.20. The highest BCUT2D eigenvalue weighted by atomic mass is 16.4. The Morgan fingerprint density at radius 3 is 2.53 bits per heavy atom. The molecule has 1 aromatic carbocycles. The highest BCUT2D eigenvalue weighted by molar-refractivity contribution is 6.24. The van der Waals surface area contributed by atoms with Crippen LogP contribution in [0.2, 0.25) is 0 Å². The molecule has 19 heavy (non-hydrogen) atoms. The first kappa shape index (κ1) is 13.0. The van der Waals surface area contributed by atoms with E-state index in [9.17, 15) is 14.4 Å². The summed E-state index contributed by atoms with van der Waals surface area (Å²) in [6, 6.07) is 6.15. The largest absolute Gasteiger partial charge is 0.481 e. The van der Waals surface area contributed by atoms with Gasteiger partial charge in [0.1, 0.15) is 0 Å². The van der Waals surface area contributed by atoms with Gasteiger partial charge in [0.2, 0.25) is 5.78 Å². The van der Waals surface area contributed by atoms with Crippen molar-refractivity contribution < 1.29 is 19.5 Å². The second kappa shape index (κ2) is 5.06. The summed E-state index contributed by atoms with van der Waals surface area (Å²) in [5.41, 5.74) is 0.876. The van der Waals surface area contributed by atoms with E-state index in [1.165, 1.54) is 6.08 Å². The molecule has 5 heteroatoms. The average Bonchev–Trinajstić information content (AvgIpc) is 2.34. The quantitative estimate of drug-likeness (QED) is 0.854. The zero-order valence-electron chi connectivity index (χ0n) is 10.3. The van der Waals surface area contributed by atoms with Crippen LogP contribution in [-0.2, 0) is 4.79 Å². The number of allylic oxidation sites excluding steroid dienone is 2. The predicted octanol–water partition coefficient (Wildman–Crippen LogP) is 1.40. The van der Waals surface area contributed by atoms with Gasteiger partial charge in [-0.15, -0.1) is 0 Å². The predicted molar refractivity (Wildman–Crippen MR) is 68.0 cm³/mol. The summed E-state index contributed by atoms with van der Waals surface area (Å²) < 4.78 is 0. The summed E-state index contributed by atoms with van der Waals surface area (Å²) in [5.74, 6) is -1.50. The van der Waals surface area contributed by atoms with Crippen molar-refractivity contribution in [3.63, 3.8) is 0 Å². The van der Waals surface area contributed by atoms with E-state index < -0.39 is 12.0 Å². The number of ketones is 2. The molecule has 2 rings (SSSR count). The lowest BCUT2D eigenvalue weighted by Gasteiger charge is -2.19. The summed E-state index contributed by atoms with van der Waals surface area (Å²) in [4.78, 5) is 34.6. The number of carbonyl (C=O) groups excluding carboxylic acids is 2. The van der Waals surface area contributed by atoms with Crippen LogP contribution in [0, 0.1) is 0 Å². The summed E-state index contributed by atoms with van der Waals surface area (Å²) in [6.45, 7) is 1.65. The molecule has 1 aliphatic rings. The van der Waals surface area contributed by atoms with Crippen molar-refractivity contribution in [2.24, 2.45) is 0 Å². The van der Waals surface area contributed by atoms with E-state index in [1.54, 1.807) is 31.2 Å². The van der Waals surface area contributed by atoms with Gasteiger partial charge in [-0.25, -0.2) is 0 Å². The summed E-state index contributed by atoms with van der Waals surface area (Å²) in [6.07, 6.45) is 1.10. The van der Waals surface area contributed by atoms with Gasteiger partial charge in [-0.2, -0.15) is 0 Å². The maximum Gasteiger partial charge on any atom is 0.305 e. The molecule has 5 nitrogen and oxygen atoms in total. The van der Waals surface area contributed by atoms with Crippen LogP contribution in [0.5, 0.6) is 0 Å². The van der Waals surface area contributed by atoms with Crippen molar-refractivity contribution in [2.45, 2.75) is 19.4 Å². The Morgan fingerprint density at radius 1 is 1.26 bits per heavy atom. The van der Waals surface area contributed by atoms with Crippen LogP contribution in [0.3, 0.4) is 0 Å². The topological polar surface area (TPSA) is 83.5 Å². The molecule has 2 N–H and O–H groups in total. The zero-order valence-corrected chi connectivity index (χ0v) is 10.3. The Labute approximate surface area is 109 Å². The van der Waals surface area contributed by atoms with Crippen molar-refractivity contribution in [1.82, 2.24) is 5.32 Å². The van der Waals surface area contributed by atoms with Crippen molar-refractivity contribution in [2.75, 3.05) is 0 Å². The van der Waals surface area contributed by atoms with E-state index in [4.69, 9.17) is 5.11 Å². The standard InChI is InChI=1S/C14H13NO4/c1-8(6-13(17)18)15-11-7-12(16)9-4-2-3-5-10(9)14(11)19/h2-5,7-8,15H,6H2,1H3,(H,17,18)/t8-/m0/s1. The number of carbonyl (C=O) groups is 3. The summed E-state index contributed by atoms with van der Waals surface area (Å²) >= 11 is 0. The number of carboxylic acids is 1. The van der Waals surface area contributed by atoms with Crippen molar-refractivity contribution >= 4 is 17.5 Å². The Hall–Kier alpha value is -2.43. The molecule has 1 aromatic rings. The molecular formula is C14H13NO4. The van der Waals surface area contributed by atoms with Crippen LogP contribution >= 0.6 is 0 Å². The van der Waals surface area contributed by atoms with Gasteiger partial charge in [0, 0.05) is 23.2 Å². The maximum absolute atomic E-state index is 12.2. The Bertz CT molecular complexity index is 589. The average molecular weight is 259 g/mol. The van der Waals surface area contributed by atoms with Gasteiger partial charge in [-0.05, 0) is 6.92 Å². The number of carboxylic acid groups (broad SMARTS) is 1. The molecule has 0 unspecified atom stereocenters. The molecule has 0 heterocycles. The smallest absolute Gasteiger partial charge is 0.305 e. The minimum absolute atomic E-state index is 0.125. The summed E-state index contributed by atoms with van der Waals surface area (Å²) in [5, 5.41) is 11.5. The fourth-order valence-electron chi connectivity index (χ4n) is 2.00. The molecule has 0 saturated heterocycles. The molecule has 0 aromatic heterocycles. The number of Topliss-reactive ketones (excluding diaryl/α,β-unsaturated/α-hetero) is 1. The van der Waals surface area contributed by atoms with Crippen molar-refractivity contribution in [1.29, 1.82) is 0 Å². The molecule has 0 spiro atoms.